The van der Waals surface area contributed by atoms with Gasteiger partial charge in [-0.3, -0.25) is 4.79 Å². The minimum absolute atomic E-state index is 0.132. The van der Waals surface area contributed by atoms with Gasteiger partial charge in [-0.25, -0.2) is 4.98 Å². The topological polar surface area (TPSA) is 75.5 Å². The lowest BCUT2D eigenvalue weighted by molar-refractivity contribution is 0.0745. The molecule has 0 aliphatic carbocycles. The van der Waals surface area contributed by atoms with Gasteiger partial charge in [-0.15, -0.1) is 0 Å². The Balaban J connectivity index is 2.57. The van der Waals surface area contributed by atoms with Crippen molar-refractivity contribution < 1.29 is 14.3 Å². The van der Waals surface area contributed by atoms with Gasteiger partial charge in [-0.1, -0.05) is 0 Å². The van der Waals surface area contributed by atoms with Gasteiger partial charge in [0.15, 0.2) is 0 Å². The summed E-state index contributed by atoms with van der Waals surface area (Å²) in [5.41, 5.74) is 0.478. The molecule has 0 spiro atoms. The van der Waals surface area contributed by atoms with Crippen molar-refractivity contribution in [2.45, 2.75) is 25.8 Å². The van der Waals surface area contributed by atoms with Crippen LogP contribution >= 0.6 is 0 Å². The smallest absolute Gasteiger partial charge is 0.255 e. The number of hydrogen-bond acceptors (Lipinski definition) is 5. The summed E-state index contributed by atoms with van der Waals surface area (Å²) in [6.07, 6.45) is 2.58. The maximum atomic E-state index is 12.2. The first-order valence-corrected chi connectivity index (χ1v) is 6.82. The summed E-state index contributed by atoms with van der Waals surface area (Å²) in [7, 11) is 3.32. The van der Waals surface area contributed by atoms with Crippen LogP contribution in [0.5, 0.6) is 5.88 Å². The zero-order valence-electron chi connectivity index (χ0n) is 12.7. The van der Waals surface area contributed by atoms with Crippen LogP contribution in [0, 0.1) is 11.3 Å². The fourth-order valence-electron chi connectivity index (χ4n) is 1.65. The number of methoxy groups -OCH3 is 1. The monoisotopic (exact) mass is 291 g/mol. The molecule has 0 fully saturated rings. The summed E-state index contributed by atoms with van der Waals surface area (Å²) in [5, 5.41) is 8.67. The number of aromatic nitrogens is 1. The van der Waals surface area contributed by atoms with Crippen LogP contribution in [0.25, 0.3) is 0 Å². The number of pyridine rings is 1. The Bertz CT molecular complexity index is 482. The Morgan fingerprint density at radius 1 is 1.48 bits per heavy atom. The highest BCUT2D eigenvalue weighted by atomic mass is 16.5. The second kappa shape index (κ2) is 8.93. The molecule has 21 heavy (non-hydrogen) atoms. The number of hydrogen-bond donors (Lipinski definition) is 0. The minimum Gasteiger partial charge on any atom is -0.478 e. The van der Waals surface area contributed by atoms with Crippen LogP contribution in [0.1, 0.15) is 30.1 Å². The molecule has 1 rings (SSSR count). The first kappa shape index (κ1) is 16.9. The molecule has 0 radical (unpaired) electrons. The largest absolute Gasteiger partial charge is 0.478 e. The molecule has 0 aliphatic heterocycles. The van der Waals surface area contributed by atoms with Gasteiger partial charge >= 0.3 is 0 Å². The third-order valence-electron chi connectivity index (χ3n) is 3.09. The molecule has 1 heterocycles. The lowest BCUT2D eigenvalue weighted by atomic mass is 10.2. The molecule has 0 aromatic carbocycles. The van der Waals surface area contributed by atoms with Gasteiger partial charge in [-0.05, 0) is 13.0 Å². The number of nitriles is 1. The molecule has 1 aromatic heterocycles. The van der Waals surface area contributed by atoms with E-state index in [1.54, 1.807) is 31.2 Å². The van der Waals surface area contributed by atoms with Crippen molar-refractivity contribution in [3.05, 3.63) is 23.9 Å². The van der Waals surface area contributed by atoms with Gasteiger partial charge in [0.05, 0.1) is 24.7 Å². The normalized spacial score (nSPS) is 11.5. The molecular weight excluding hydrogens is 270 g/mol. The van der Waals surface area contributed by atoms with Crippen molar-refractivity contribution in [1.82, 2.24) is 9.88 Å². The number of ether oxygens (including phenoxy) is 2. The molecule has 1 unspecified atom stereocenters. The van der Waals surface area contributed by atoms with Gasteiger partial charge in [-0.2, -0.15) is 5.26 Å². The first-order chi connectivity index (χ1) is 10.1. The van der Waals surface area contributed by atoms with E-state index in [9.17, 15) is 4.79 Å². The van der Waals surface area contributed by atoms with Gasteiger partial charge < -0.3 is 14.4 Å². The number of carbonyl (C=O) groups is 1. The summed E-state index contributed by atoms with van der Waals surface area (Å²) >= 11 is 0. The van der Waals surface area contributed by atoms with Crippen LogP contribution in [0.3, 0.4) is 0 Å². The number of nitrogens with zero attached hydrogens (tertiary/aromatic N) is 3. The molecule has 6 heteroatoms. The fraction of sp³-hybridized carbons (Fsp3) is 0.533. The highest BCUT2D eigenvalue weighted by Gasteiger charge is 2.17. The third-order valence-corrected chi connectivity index (χ3v) is 3.09. The second-order valence-corrected chi connectivity index (χ2v) is 4.71. The summed E-state index contributed by atoms with van der Waals surface area (Å²) in [4.78, 5) is 17.8. The standard InChI is InChI=1S/C15H21N3O3/c1-12(7-8-16)18(2)15(19)13-5-6-14(17-11-13)21-10-4-9-20-3/h5-6,11-12H,4,7,9-10H2,1-3H3. The van der Waals surface area contributed by atoms with E-state index in [1.807, 2.05) is 6.92 Å². The maximum Gasteiger partial charge on any atom is 0.255 e. The Hall–Kier alpha value is -2.13. The lowest BCUT2D eigenvalue weighted by Gasteiger charge is -2.22. The SMILES string of the molecule is COCCCOc1ccc(C(=O)N(C)C(C)CC#N)cn1. The van der Waals surface area contributed by atoms with E-state index in [4.69, 9.17) is 14.7 Å². The quantitative estimate of drug-likeness (QED) is 0.683. The van der Waals surface area contributed by atoms with Crippen LogP contribution in [-0.2, 0) is 4.74 Å². The summed E-state index contributed by atoms with van der Waals surface area (Å²) in [5.74, 6) is 0.326. The van der Waals surface area contributed by atoms with Gasteiger partial charge in [0.1, 0.15) is 0 Å². The maximum absolute atomic E-state index is 12.2. The van der Waals surface area contributed by atoms with Crippen molar-refractivity contribution in [3.8, 4) is 11.9 Å². The van der Waals surface area contributed by atoms with Crippen molar-refractivity contribution in [1.29, 1.82) is 5.26 Å². The van der Waals surface area contributed by atoms with E-state index in [0.717, 1.165) is 6.42 Å². The number of amides is 1. The van der Waals surface area contributed by atoms with E-state index in [0.29, 0.717) is 31.1 Å². The minimum atomic E-state index is -0.156. The van der Waals surface area contributed by atoms with Crippen LogP contribution < -0.4 is 4.74 Å². The van der Waals surface area contributed by atoms with Crippen LogP contribution in [0.15, 0.2) is 18.3 Å². The molecule has 0 saturated heterocycles. The molecule has 1 atom stereocenters. The molecule has 6 nitrogen and oxygen atoms in total. The van der Waals surface area contributed by atoms with Gasteiger partial charge in [0.2, 0.25) is 5.88 Å². The van der Waals surface area contributed by atoms with Crippen molar-refractivity contribution in [3.63, 3.8) is 0 Å². The molecule has 0 saturated carbocycles. The predicted octanol–water partition coefficient (Wildman–Crippen LogP) is 1.87. The average Bonchev–Trinajstić information content (AvgIpc) is 2.51. The molecule has 1 amide bonds. The zero-order chi connectivity index (χ0) is 15.7. The van der Waals surface area contributed by atoms with Crippen LogP contribution in [0.2, 0.25) is 0 Å². The Morgan fingerprint density at radius 2 is 2.24 bits per heavy atom. The Labute approximate surface area is 125 Å². The number of rotatable bonds is 8. The highest BCUT2D eigenvalue weighted by Crippen LogP contribution is 2.12. The zero-order valence-corrected chi connectivity index (χ0v) is 12.7. The van der Waals surface area contributed by atoms with Crippen molar-refractivity contribution in [2.24, 2.45) is 0 Å². The molecule has 0 bridgehead atoms. The fourth-order valence-corrected chi connectivity index (χ4v) is 1.65. The van der Waals surface area contributed by atoms with E-state index in [1.165, 1.54) is 6.20 Å². The highest BCUT2D eigenvalue weighted by molar-refractivity contribution is 5.94. The Morgan fingerprint density at radius 3 is 2.81 bits per heavy atom. The van der Waals surface area contributed by atoms with E-state index in [2.05, 4.69) is 11.1 Å². The van der Waals surface area contributed by atoms with Crippen LogP contribution in [0.4, 0.5) is 0 Å². The van der Waals surface area contributed by atoms with Gasteiger partial charge in [0, 0.05) is 45.5 Å². The molecular formula is C15H21N3O3. The molecule has 1 aromatic rings. The summed E-state index contributed by atoms with van der Waals surface area (Å²) in [6, 6.07) is 5.27. The van der Waals surface area contributed by atoms with E-state index < -0.39 is 0 Å². The van der Waals surface area contributed by atoms with E-state index in [-0.39, 0.29) is 11.9 Å². The van der Waals surface area contributed by atoms with Crippen molar-refractivity contribution in [2.75, 3.05) is 27.4 Å². The Kier molecular flexibility index (Phi) is 7.19. The van der Waals surface area contributed by atoms with Gasteiger partial charge in [0.25, 0.3) is 5.91 Å². The predicted molar refractivity (Wildman–Crippen MR) is 78.0 cm³/mol. The first-order valence-electron chi connectivity index (χ1n) is 6.82. The second-order valence-electron chi connectivity index (χ2n) is 4.71. The lowest BCUT2D eigenvalue weighted by Crippen LogP contribution is -2.34. The summed E-state index contributed by atoms with van der Waals surface area (Å²) in [6.45, 7) is 2.99. The molecule has 0 aliphatic rings. The summed E-state index contributed by atoms with van der Waals surface area (Å²) < 4.78 is 10.4. The van der Waals surface area contributed by atoms with E-state index >= 15 is 0 Å². The van der Waals surface area contributed by atoms with Crippen molar-refractivity contribution >= 4 is 5.91 Å². The van der Waals surface area contributed by atoms with Crippen LogP contribution in [-0.4, -0.2) is 49.2 Å². The molecule has 0 N–H and O–H groups in total. The third kappa shape index (κ3) is 5.40. The molecule has 114 valence electrons. The number of carbonyl (C=O) groups excluding carboxylic acids is 1. The average molecular weight is 291 g/mol.